The lowest BCUT2D eigenvalue weighted by Gasteiger charge is -2.31. The third-order valence-electron chi connectivity index (χ3n) is 4.62. The minimum Gasteiger partial charge on any atom is -0.348 e. The summed E-state index contributed by atoms with van der Waals surface area (Å²) >= 11 is 0. The number of benzene rings is 1. The van der Waals surface area contributed by atoms with E-state index in [0.717, 1.165) is 38.2 Å². The lowest BCUT2D eigenvalue weighted by molar-refractivity contribution is -0.132. The molecule has 1 amide bonds. The molecule has 1 fully saturated rings. The fraction of sp³-hybridized carbons (Fsp3) is 0.444. The molecule has 1 aliphatic rings. The highest BCUT2D eigenvalue weighted by atomic mass is 16.2. The topological polar surface area (TPSA) is 49.0 Å². The number of nitrogens with zero attached hydrogens (tertiary/aromatic N) is 2. The van der Waals surface area contributed by atoms with Gasteiger partial charge in [0.25, 0.3) is 0 Å². The Labute approximate surface area is 131 Å². The lowest BCUT2D eigenvalue weighted by atomic mass is 9.95. The quantitative estimate of drug-likeness (QED) is 0.943. The zero-order valence-corrected chi connectivity index (χ0v) is 13.1. The molecule has 1 N–H and O–H groups in total. The van der Waals surface area contributed by atoms with Crippen LogP contribution in [0.25, 0.3) is 0 Å². The maximum Gasteiger partial charge on any atom is 0.222 e. The zero-order valence-electron chi connectivity index (χ0n) is 13.1. The van der Waals surface area contributed by atoms with Crippen LogP contribution >= 0.6 is 0 Å². The van der Waals surface area contributed by atoms with E-state index in [1.807, 2.05) is 23.2 Å². The number of carbonyl (C=O) groups excluding carboxylic acids is 1. The van der Waals surface area contributed by atoms with Gasteiger partial charge in [-0.2, -0.15) is 0 Å². The first kappa shape index (κ1) is 14.8. The highest BCUT2D eigenvalue weighted by Gasteiger charge is 2.24. The minimum atomic E-state index is 0.279. The largest absolute Gasteiger partial charge is 0.348 e. The molecule has 2 heterocycles. The summed E-state index contributed by atoms with van der Waals surface area (Å²) in [6.45, 7) is 3.80. The molecule has 0 saturated carbocycles. The van der Waals surface area contributed by atoms with Crippen molar-refractivity contribution in [3.05, 3.63) is 53.6 Å². The average molecular weight is 297 g/mol. The van der Waals surface area contributed by atoms with Crippen LogP contribution in [0.4, 0.5) is 0 Å². The van der Waals surface area contributed by atoms with Crippen molar-refractivity contribution in [2.75, 3.05) is 13.1 Å². The molecule has 1 aromatic carbocycles. The van der Waals surface area contributed by atoms with Crippen molar-refractivity contribution in [3.63, 3.8) is 0 Å². The summed E-state index contributed by atoms with van der Waals surface area (Å²) in [5, 5.41) is 0. The number of aryl methyl sites for hydroxylation is 2. The van der Waals surface area contributed by atoms with Gasteiger partial charge < -0.3 is 9.88 Å². The van der Waals surface area contributed by atoms with Crippen molar-refractivity contribution in [2.45, 2.75) is 38.5 Å². The molecule has 22 heavy (non-hydrogen) atoms. The van der Waals surface area contributed by atoms with Crippen molar-refractivity contribution >= 4 is 5.91 Å². The van der Waals surface area contributed by atoms with Gasteiger partial charge in [-0.3, -0.25) is 4.79 Å². The van der Waals surface area contributed by atoms with Gasteiger partial charge >= 0.3 is 0 Å². The van der Waals surface area contributed by atoms with E-state index in [2.05, 4.69) is 29.0 Å². The molecule has 4 nitrogen and oxygen atoms in total. The van der Waals surface area contributed by atoms with Crippen molar-refractivity contribution < 1.29 is 4.79 Å². The number of aromatic amines is 1. The maximum absolute atomic E-state index is 12.4. The summed E-state index contributed by atoms with van der Waals surface area (Å²) < 4.78 is 0. The monoisotopic (exact) mass is 297 g/mol. The molecule has 3 rings (SSSR count). The smallest absolute Gasteiger partial charge is 0.222 e. The first-order valence-corrected chi connectivity index (χ1v) is 8.05. The Morgan fingerprint density at radius 1 is 1.32 bits per heavy atom. The van der Waals surface area contributed by atoms with Crippen molar-refractivity contribution in [2.24, 2.45) is 0 Å². The lowest BCUT2D eigenvalue weighted by Crippen LogP contribution is -2.38. The van der Waals surface area contributed by atoms with Crippen LogP contribution in [-0.4, -0.2) is 33.9 Å². The number of imidazole rings is 1. The molecular formula is C18H23N3O. The van der Waals surface area contributed by atoms with Gasteiger partial charge in [0, 0.05) is 37.8 Å². The number of nitrogens with one attached hydrogen (secondary N) is 1. The number of hydrogen-bond acceptors (Lipinski definition) is 2. The Hall–Kier alpha value is -2.10. The zero-order chi connectivity index (χ0) is 15.4. The van der Waals surface area contributed by atoms with Crippen LogP contribution in [0, 0.1) is 6.92 Å². The number of carbonyl (C=O) groups is 1. The Morgan fingerprint density at radius 2 is 2.09 bits per heavy atom. The molecule has 1 saturated heterocycles. The fourth-order valence-corrected chi connectivity index (χ4v) is 3.19. The Bertz CT molecular complexity index is 613. The standard InChI is InChI=1S/C18H23N3O/c1-14-4-2-3-5-15(14)6-7-17(22)21-12-8-16(9-13-21)18-19-10-11-20-18/h2-5,10-11,16H,6-9,12-13H2,1H3,(H,19,20). The number of piperidine rings is 1. The first-order chi connectivity index (χ1) is 10.7. The van der Waals surface area contributed by atoms with Gasteiger partial charge in [0.2, 0.25) is 5.91 Å². The molecule has 0 atom stereocenters. The molecule has 0 radical (unpaired) electrons. The summed E-state index contributed by atoms with van der Waals surface area (Å²) in [5.74, 6) is 1.81. The van der Waals surface area contributed by atoms with Crippen molar-refractivity contribution in [3.8, 4) is 0 Å². The van der Waals surface area contributed by atoms with Gasteiger partial charge in [0.05, 0.1) is 0 Å². The van der Waals surface area contributed by atoms with E-state index in [-0.39, 0.29) is 5.91 Å². The summed E-state index contributed by atoms with van der Waals surface area (Å²) in [6.07, 6.45) is 7.12. The number of rotatable bonds is 4. The highest BCUT2D eigenvalue weighted by molar-refractivity contribution is 5.76. The second-order valence-corrected chi connectivity index (χ2v) is 6.06. The van der Waals surface area contributed by atoms with Gasteiger partial charge in [-0.1, -0.05) is 24.3 Å². The van der Waals surface area contributed by atoms with E-state index in [4.69, 9.17) is 0 Å². The second-order valence-electron chi connectivity index (χ2n) is 6.06. The van der Waals surface area contributed by atoms with Gasteiger partial charge in [-0.25, -0.2) is 4.98 Å². The first-order valence-electron chi connectivity index (χ1n) is 8.05. The maximum atomic E-state index is 12.4. The van der Waals surface area contributed by atoms with Gasteiger partial charge in [-0.15, -0.1) is 0 Å². The number of amides is 1. The van der Waals surface area contributed by atoms with Crippen molar-refractivity contribution in [1.29, 1.82) is 0 Å². The molecule has 116 valence electrons. The molecule has 0 unspecified atom stereocenters. The molecule has 0 spiro atoms. The third kappa shape index (κ3) is 3.38. The molecule has 4 heteroatoms. The summed E-state index contributed by atoms with van der Waals surface area (Å²) in [6, 6.07) is 8.31. The third-order valence-corrected chi connectivity index (χ3v) is 4.62. The Morgan fingerprint density at radius 3 is 2.77 bits per heavy atom. The van der Waals surface area contributed by atoms with E-state index >= 15 is 0 Å². The number of likely N-dealkylation sites (tertiary alicyclic amines) is 1. The van der Waals surface area contributed by atoms with E-state index in [0.29, 0.717) is 12.3 Å². The van der Waals surface area contributed by atoms with Gasteiger partial charge in [-0.05, 0) is 37.3 Å². The number of H-pyrrole nitrogens is 1. The molecule has 0 bridgehead atoms. The molecule has 2 aromatic rings. The summed E-state index contributed by atoms with van der Waals surface area (Å²) in [4.78, 5) is 21.9. The number of aromatic nitrogens is 2. The van der Waals surface area contributed by atoms with E-state index < -0.39 is 0 Å². The normalized spacial score (nSPS) is 16.0. The predicted octanol–water partition coefficient (Wildman–Crippen LogP) is 3.06. The summed E-state index contributed by atoms with van der Waals surface area (Å²) in [5.41, 5.74) is 2.55. The van der Waals surface area contributed by atoms with Crippen LogP contribution in [0.3, 0.4) is 0 Å². The molecule has 0 aliphatic carbocycles. The Balaban J connectivity index is 1.49. The van der Waals surface area contributed by atoms with Gasteiger partial charge in [0.1, 0.15) is 5.82 Å². The minimum absolute atomic E-state index is 0.279. The van der Waals surface area contributed by atoms with E-state index in [9.17, 15) is 4.79 Å². The van der Waals surface area contributed by atoms with E-state index in [1.165, 1.54) is 11.1 Å². The van der Waals surface area contributed by atoms with Crippen molar-refractivity contribution in [1.82, 2.24) is 14.9 Å². The average Bonchev–Trinajstić information content (AvgIpc) is 3.08. The fourth-order valence-electron chi connectivity index (χ4n) is 3.19. The van der Waals surface area contributed by atoms with Crippen LogP contribution in [0.1, 0.15) is 42.1 Å². The van der Waals surface area contributed by atoms with Crippen LogP contribution in [0.15, 0.2) is 36.7 Å². The number of hydrogen-bond donors (Lipinski definition) is 1. The van der Waals surface area contributed by atoms with Crippen LogP contribution < -0.4 is 0 Å². The molecule has 1 aliphatic heterocycles. The highest BCUT2D eigenvalue weighted by Crippen LogP contribution is 2.25. The molecule has 1 aromatic heterocycles. The Kier molecular flexibility index (Phi) is 4.56. The second kappa shape index (κ2) is 6.77. The van der Waals surface area contributed by atoms with Gasteiger partial charge in [0.15, 0.2) is 0 Å². The molecular weight excluding hydrogens is 274 g/mol. The summed E-state index contributed by atoms with van der Waals surface area (Å²) in [7, 11) is 0. The van der Waals surface area contributed by atoms with E-state index in [1.54, 1.807) is 6.20 Å². The predicted molar refractivity (Wildman–Crippen MR) is 86.6 cm³/mol. The SMILES string of the molecule is Cc1ccccc1CCC(=O)N1CCC(c2ncc[nH]2)CC1. The van der Waals surface area contributed by atoms with Crippen LogP contribution in [0.5, 0.6) is 0 Å². The van der Waals surface area contributed by atoms with Crippen LogP contribution in [-0.2, 0) is 11.2 Å². The van der Waals surface area contributed by atoms with Crippen LogP contribution in [0.2, 0.25) is 0 Å².